The van der Waals surface area contributed by atoms with Crippen LogP contribution in [0.15, 0.2) is 39.2 Å². The van der Waals surface area contributed by atoms with E-state index in [2.05, 4.69) is 42.9 Å². The molecule has 0 bridgehead atoms. The van der Waals surface area contributed by atoms with Crippen LogP contribution in [0.5, 0.6) is 0 Å². The zero-order chi connectivity index (χ0) is 23.2. The molecule has 6 atom stereocenters. The molecule has 32 heavy (non-hydrogen) atoms. The summed E-state index contributed by atoms with van der Waals surface area (Å²) in [4.78, 5) is 26.3. The number of aliphatic imine (C=N–C) groups is 3. The monoisotopic (exact) mass is 576 g/mol. The van der Waals surface area contributed by atoms with Gasteiger partial charge in [-0.25, -0.2) is 4.99 Å². The highest BCUT2D eigenvalue weighted by atomic mass is 127. The first-order valence-electron chi connectivity index (χ1n) is 9.75. The second-order valence-corrected chi connectivity index (χ2v) is 9.28. The van der Waals surface area contributed by atoms with Crippen molar-refractivity contribution in [2.24, 2.45) is 20.7 Å². The zero-order valence-corrected chi connectivity index (χ0v) is 19.8. The number of amidine groups is 2. The number of rotatable bonds is 5. The van der Waals surface area contributed by atoms with Crippen LogP contribution in [0.2, 0.25) is 0 Å². The lowest BCUT2D eigenvalue weighted by atomic mass is 9.94. The average Bonchev–Trinajstić information content (AvgIpc) is 3.28. The normalized spacial score (nSPS) is 32.7. The molecular formula is C19H22ClIN6O5. The fraction of sp³-hybridized carbons (Fsp3) is 0.474. The lowest BCUT2D eigenvalue weighted by Gasteiger charge is -2.33. The van der Waals surface area contributed by atoms with Crippen molar-refractivity contribution in [2.45, 2.75) is 42.7 Å². The van der Waals surface area contributed by atoms with Gasteiger partial charge in [-0.15, -0.1) is 0 Å². The first-order chi connectivity index (χ1) is 15.1. The van der Waals surface area contributed by atoms with E-state index in [1.54, 1.807) is 0 Å². The summed E-state index contributed by atoms with van der Waals surface area (Å²) in [7, 11) is 1.34. The molecule has 13 heteroatoms. The van der Waals surface area contributed by atoms with E-state index in [-0.39, 0.29) is 17.8 Å². The van der Waals surface area contributed by atoms with Gasteiger partial charge in [0.15, 0.2) is 23.8 Å². The molecule has 0 spiro atoms. The number of hydrogen-bond acceptors (Lipinski definition) is 10. The van der Waals surface area contributed by atoms with Crippen LogP contribution < -0.4 is 11.1 Å². The first kappa shape index (κ1) is 23.5. The number of carbonyl (C=O) groups is 1. The Morgan fingerprint density at radius 3 is 2.91 bits per heavy atom. The van der Waals surface area contributed by atoms with Gasteiger partial charge in [0.05, 0.1) is 0 Å². The average molecular weight is 577 g/mol. The zero-order valence-electron chi connectivity index (χ0n) is 16.9. The Labute approximate surface area is 202 Å². The Hall–Kier alpha value is -1.68. The van der Waals surface area contributed by atoms with Crippen molar-refractivity contribution >= 4 is 56.9 Å². The molecule has 3 heterocycles. The second-order valence-electron chi connectivity index (χ2n) is 7.70. The van der Waals surface area contributed by atoms with Gasteiger partial charge in [-0.05, 0) is 51.9 Å². The molecule has 3 aliphatic rings. The maximum absolute atomic E-state index is 11.8. The minimum atomic E-state index is -1.68. The molecule has 1 fully saturated rings. The molecule has 0 radical (unpaired) electrons. The van der Waals surface area contributed by atoms with Crippen molar-refractivity contribution in [3.8, 4) is 0 Å². The molecule has 172 valence electrons. The van der Waals surface area contributed by atoms with Gasteiger partial charge in [0.2, 0.25) is 5.29 Å². The van der Waals surface area contributed by atoms with Crippen molar-refractivity contribution in [2.75, 3.05) is 13.7 Å². The van der Waals surface area contributed by atoms with Gasteiger partial charge in [0.1, 0.15) is 30.7 Å². The van der Waals surface area contributed by atoms with E-state index in [1.165, 1.54) is 11.9 Å². The van der Waals surface area contributed by atoms with E-state index in [0.29, 0.717) is 12.1 Å². The van der Waals surface area contributed by atoms with Crippen LogP contribution in [0.25, 0.3) is 0 Å². The number of nitrogens with one attached hydrogen (secondary N) is 1. The van der Waals surface area contributed by atoms with Crippen molar-refractivity contribution < 1.29 is 24.9 Å². The summed E-state index contributed by atoms with van der Waals surface area (Å²) >= 11 is 8.40. The summed E-state index contributed by atoms with van der Waals surface area (Å²) in [5.41, 5.74) is 6.61. The predicted octanol–water partition coefficient (Wildman–Crippen LogP) is -1.24. The van der Waals surface area contributed by atoms with E-state index in [4.69, 9.17) is 22.1 Å². The molecule has 1 amide bonds. The molecule has 1 saturated heterocycles. The number of fused-ring (bicyclic) bond motifs is 1. The van der Waals surface area contributed by atoms with Crippen LogP contribution in [-0.2, 0) is 16.0 Å². The third-order valence-corrected chi connectivity index (χ3v) is 6.38. The van der Waals surface area contributed by atoms with Crippen molar-refractivity contribution in [1.29, 1.82) is 0 Å². The third kappa shape index (κ3) is 4.16. The minimum absolute atomic E-state index is 0.0103. The number of ether oxygens (including phenoxy) is 1. The molecule has 0 aliphatic carbocycles. The number of aliphatic hydroxyl groups excluding tert-OH is 3. The predicted molar refractivity (Wildman–Crippen MR) is 125 cm³/mol. The Bertz CT molecular complexity index is 1020. The van der Waals surface area contributed by atoms with Crippen LogP contribution >= 0.6 is 34.2 Å². The third-order valence-electron chi connectivity index (χ3n) is 5.54. The van der Waals surface area contributed by atoms with Crippen LogP contribution in [-0.4, -0.2) is 93.0 Å². The van der Waals surface area contributed by atoms with Crippen molar-refractivity contribution in [3.05, 3.63) is 33.4 Å². The summed E-state index contributed by atoms with van der Waals surface area (Å²) in [6.07, 6.45) is -6.82. The lowest BCUT2D eigenvalue weighted by molar-refractivity contribution is -0.144. The molecule has 2 unspecified atom stereocenters. The molecule has 0 saturated carbocycles. The highest BCUT2D eigenvalue weighted by Gasteiger charge is 2.53. The molecule has 1 aromatic rings. The summed E-state index contributed by atoms with van der Waals surface area (Å²) in [5, 5.41) is 33.3. The minimum Gasteiger partial charge on any atom is -0.387 e. The molecular weight excluding hydrogens is 555 g/mol. The topological polar surface area (TPSA) is 165 Å². The maximum atomic E-state index is 11.8. The molecule has 4 rings (SSSR count). The van der Waals surface area contributed by atoms with Crippen LogP contribution in [0.4, 0.5) is 0 Å². The SMILES string of the molecule is CNC(=O)C(O)[C@H]1O[C@@H](N2CN=C3C2=NC(Cl)=NC3(N)Cc2cccc(I)c2)[C@H](O)[C@@H]1O. The number of aliphatic hydroxyl groups is 3. The highest BCUT2D eigenvalue weighted by molar-refractivity contribution is 14.1. The molecule has 11 nitrogen and oxygen atoms in total. The Balaban J connectivity index is 1.59. The fourth-order valence-corrected chi connectivity index (χ4v) is 4.82. The molecule has 6 N–H and O–H groups in total. The quantitative estimate of drug-likeness (QED) is 0.216. The number of nitrogens with zero attached hydrogens (tertiary/aromatic N) is 4. The van der Waals surface area contributed by atoms with E-state index in [9.17, 15) is 20.1 Å². The Kier molecular flexibility index (Phi) is 6.55. The summed E-state index contributed by atoms with van der Waals surface area (Å²) < 4.78 is 6.71. The summed E-state index contributed by atoms with van der Waals surface area (Å²) in [6, 6.07) is 7.76. The number of carbonyl (C=O) groups excluding carboxylic acids is 1. The number of halogens is 2. The van der Waals surface area contributed by atoms with Gasteiger partial charge in [0, 0.05) is 17.0 Å². The Morgan fingerprint density at radius 1 is 1.47 bits per heavy atom. The van der Waals surface area contributed by atoms with E-state index < -0.39 is 42.2 Å². The smallest absolute Gasteiger partial charge is 0.251 e. The second kappa shape index (κ2) is 8.93. The van der Waals surface area contributed by atoms with Gasteiger partial charge < -0.3 is 36.0 Å². The standard InChI is InChI=1S/C19H22ClIN6O5/c1-23-16(31)12(30)13-10(28)11(29)17(32-13)27-7-24-14-15(27)25-18(20)26-19(14,22)6-8-3-2-4-9(21)5-8/h2-5,10-13,17,28-30H,6-7,22H2,1H3,(H,23,31)/t10-,11+,12?,13-,17+,19?/m0/s1. The number of nitrogens with two attached hydrogens (primary N) is 1. The van der Waals surface area contributed by atoms with Gasteiger partial charge in [-0.1, -0.05) is 12.1 Å². The van der Waals surface area contributed by atoms with Crippen molar-refractivity contribution in [1.82, 2.24) is 10.2 Å². The van der Waals surface area contributed by atoms with Crippen LogP contribution in [0.3, 0.4) is 0 Å². The van der Waals surface area contributed by atoms with Crippen LogP contribution in [0, 0.1) is 3.57 Å². The van der Waals surface area contributed by atoms with Gasteiger partial charge >= 0.3 is 0 Å². The van der Waals surface area contributed by atoms with Crippen LogP contribution in [0.1, 0.15) is 5.56 Å². The van der Waals surface area contributed by atoms with E-state index in [0.717, 1.165) is 9.13 Å². The fourth-order valence-electron chi connectivity index (χ4n) is 3.98. The molecule has 1 aromatic carbocycles. The van der Waals surface area contributed by atoms with Gasteiger partial charge in [-0.3, -0.25) is 9.79 Å². The number of benzene rings is 1. The first-order valence-corrected chi connectivity index (χ1v) is 11.2. The van der Waals surface area contributed by atoms with Gasteiger partial charge in [-0.2, -0.15) is 4.99 Å². The Morgan fingerprint density at radius 2 is 2.22 bits per heavy atom. The summed E-state index contributed by atoms with van der Waals surface area (Å²) in [6.45, 7) is 0.0103. The van der Waals surface area contributed by atoms with E-state index in [1.807, 2.05) is 24.3 Å². The number of hydrogen-bond donors (Lipinski definition) is 5. The van der Waals surface area contributed by atoms with E-state index >= 15 is 0 Å². The maximum Gasteiger partial charge on any atom is 0.251 e. The van der Waals surface area contributed by atoms with Gasteiger partial charge in [0.25, 0.3) is 5.91 Å². The number of amides is 1. The van der Waals surface area contributed by atoms with Crippen molar-refractivity contribution in [3.63, 3.8) is 0 Å². The summed E-state index contributed by atoms with van der Waals surface area (Å²) in [5.74, 6) is -0.492. The largest absolute Gasteiger partial charge is 0.387 e. The number of likely N-dealkylation sites (N-methyl/N-ethyl adjacent to an activating group) is 1. The highest BCUT2D eigenvalue weighted by Crippen LogP contribution is 2.32. The molecule has 3 aliphatic heterocycles. The lowest BCUT2D eigenvalue weighted by Crippen LogP contribution is -2.57. The molecule has 0 aromatic heterocycles.